The molecule has 7 heteroatoms. The van der Waals surface area contributed by atoms with Gasteiger partial charge in [-0.15, -0.1) is 0 Å². The zero-order chi connectivity index (χ0) is 14.9. The first-order valence-electron chi connectivity index (χ1n) is 6.00. The third-order valence-corrected chi connectivity index (χ3v) is 2.06. The van der Waals surface area contributed by atoms with Crippen LogP contribution in [0.2, 0.25) is 0 Å². The Labute approximate surface area is 125 Å². The number of carboxylic acids is 2. The molecule has 0 aliphatic carbocycles. The predicted molar refractivity (Wildman–Crippen MR) is 64.9 cm³/mol. The van der Waals surface area contributed by atoms with Crippen molar-refractivity contribution in [2.75, 3.05) is 0 Å². The van der Waals surface area contributed by atoms with Crippen LogP contribution in [0.15, 0.2) is 0 Å². The van der Waals surface area contributed by atoms with Crippen molar-refractivity contribution in [3.8, 4) is 0 Å². The fourth-order valence-electron chi connectivity index (χ4n) is 1.21. The zero-order valence-corrected chi connectivity index (χ0v) is 12.8. The quantitative estimate of drug-likeness (QED) is 0.555. The minimum Gasteiger partial charge on any atom is -0.548 e. The normalized spacial score (nSPS) is 13.1. The van der Waals surface area contributed by atoms with E-state index >= 15 is 0 Å². The maximum atomic E-state index is 10.00. The number of nitrogens with two attached hydrogens (primary N) is 2. The van der Waals surface area contributed by atoms with Gasteiger partial charge in [0, 0.05) is 12.1 Å². The van der Waals surface area contributed by atoms with Gasteiger partial charge in [-0.05, 0) is 24.7 Å². The molecule has 117 valence electrons. The number of carbonyl (C=O) groups is 2. The van der Waals surface area contributed by atoms with Crippen molar-refractivity contribution < 1.29 is 36.9 Å². The monoisotopic (exact) mass is 323 g/mol. The average molecular weight is 324 g/mol. The second kappa shape index (κ2) is 12.4. The first-order chi connectivity index (χ1) is 8.07. The van der Waals surface area contributed by atoms with Crippen LogP contribution in [0, 0.1) is 11.8 Å². The molecule has 0 saturated carbocycles. The number of aliphatic carboxylic acids is 2. The number of rotatable bonds is 6. The molecule has 2 atom stereocenters. The largest absolute Gasteiger partial charge is 2.00 e. The van der Waals surface area contributed by atoms with E-state index in [-0.39, 0.29) is 17.1 Å². The van der Waals surface area contributed by atoms with Gasteiger partial charge in [0.1, 0.15) is 0 Å². The van der Waals surface area contributed by atoms with Gasteiger partial charge in [-0.3, -0.25) is 0 Å². The second-order valence-electron chi connectivity index (χ2n) is 5.11. The van der Waals surface area contributed by atoms with Crippen LogP contribution in [0.4, 0.5) is 0 Å². The Bertz CT molecular complexity index is 234. The Kier molecular flexibility index (Phi) is 15.3. The van der Waals surface area contributed by atoms with Crippen LogP contribution in [-0.2, 0) is 26.7 Å². The summed E-state index contributed by atoms with van der Waals surface area (Å²) in [7, 11) is 0. The molecular formula is C12H24CuN2O4. The standard InChI is InChI=1S/2C6H13NO2.Cu/c2*1-4(2)3-5(7)6(8)9;/h2*4-5H,3,7H2,1-2H3,(H,8,9);/q;;+2/p-2/t2*5-;/m10./s1. The predicted octanol–water partition coefficient (Wildman–Crippen LogP) is -1.78. The smallest absolute Gasteiger partial charge is 0.548 e. The Hall–Kier alpha value is -0.621. The molecule has 0 amide bonds. The van der Waals surface area contributed by atoms with Crippen molar-refractivity contribution in [1.29, 1.82) is 0 Å². The van der Waals surface area contributed by atoms with Crippen molar-refractivity contribution in [3.05, 3.63) is 0 Å². The van der Waals surface area contributed by atoms with E-state index in [9.17, 15) is 19.8 Å². The third-order valence-electron chi connectivity index (χ3n) is 2.06. The number of hydrogen-bond donors (Lipinski definition) is 2. The fraction of sp³-hybridized carbons (Fsp3) is 0.833. The molecule has 0 heterocycles. The molecule has 19 heavy (non-hydrogen) atoms. The van der Waals surface area contributed by atoms with E-state index in [2.05, 4.69) is 0 Å². The molecule has 0 saturated heterocycles. The second-order valence-corrected chi connectivity index (χ2v) is 5.11. The Morgan fingerprint density at radius 2 is 1.05 bits per heavy atom. The molecule has 0 spiro atoms. The van der Waals surface area contributed by atoms with Gasteiger partial charge in [-0.25, -0.2) is 0 Å². The topological polar surface area (TPSA) is 132 Å². The SMILES string of the molecule is CC(C)C[C@@H](N)C(=O)[O-].CC(C)C[C@H](N)C(=O)[O-].[Cu+2]. The van der Waals surface area contributed by atoms with Gasteiger partial charge in [0.2, 0.25) is 0 Å². The van der Waals surface area contributed by atoms with E-state index in [0.717, 1.165) is 0 Å². The zero-order valence-electron chi connectivity index (χ0n) is 11.8. The summed E-state index contributed by atoms with van der Waals surface area (Å²) in [6, 6.07) is -1.60. The van der Waals surface area contributed by atoms with Gasteiger partial charge >= 0.3 is 17.1 Å². The summed E-state index contributed by atoms with van der Waals surface area (Å²) in [6.07, 6.45) is 0.977. The van der Waals surface area contributed by atoms with Gasteiger partial charge in [0.05, 0.1) is 11.9 Å². The molecule has 0 aliphatic heterocycles. The molecule has 0 aromatic carbocycles. The molecule has 0 aliphatic rings. The fourth-order valence-corrected chi connectivity index (χ4v) is 1.21. The van der Waals surface area contributed by atoms with Crippen molar-refractivity contribution in [3.63, 3.8) is 0 Å². The average Bonchev–Trinajstić information content (AvgIpc) is 2.16. The van der Waals surface area contributed by atoms with E-state index in [4.69, 9.17) is 11.5 Å². The Balaban J connectivity index is -0.000000256. The summed E-state index contributed by atoms with van der Waals surface area (Å²) >= 11 is 0. The van der Waals surface area contributed by atoms with Gasteiger partial charge < -0.3 is 31.3 Å². The molecule has 6 nitrogen and oxygen atoms in total. The third kappa shape index (κ3) is 17.4. The maximum Gasteiger partial charge on any atom is 2.00 e. The summed E-state index contributed by atoms with van der Waals surface area (Å²) in [5, 5.41) is 20.0. The molecule has 0 bridgehead atoms. The van der Waals surface area contributed by atoms with E-state index < -0.39 is 24.0 Å². The molecule has 4 N–H and O–H groups in total. The van der Waals surface area contributed by atoms with E-state index in [1.807, 2.05) is 27.7 Å². The maximum absolute atomic E-state index is 10.00. The minimum atomic E-state index is -1.16. The van der Waals surface area contributed by atoms with Gasteiger partial charge in [0.15, 0.2) is 0 Å². The van der Waals surface area contributed by atoms with Crippen molar-refractivity contribution in [1.82, 2.24) is 0 Å². The summed E-state index contributed by atoms with van der Waals surface area (Å²) < 4.78 is 0. The summed E-state index contributed by atoms with van der Waals surface area (Å²) in [5.41, 5.74) is 10.3. The molecular weight excluding hydrogens is 300 g/mol. The van der Waals surface area contributed by atoms with E-state index in [1.165, 1.54) is 0 Å². The minimum absolute atomic E-state index is 0. The van der Waals surface area contributed by atoms with Crippen LogP contribution in [0.5, 0.6) is 0 Å². The number of carboxylic acid groups (broad SMARTS) is 2. The van der Waals surface area contributed by atoms with Crippen LogP contribution in [0.3, 0.4) is 0 Å². The van der Waals surface area contributed by atoms with Crippen molar-refractivity contribution >= 4 is 11.9 Å². The summed E-state index contributed by atoms with van der Waals surface area (Å²) in [5.74, 6) is -1.69. The first kappa shape index (κ1) is 23.5. The van der Waals surface area contributed by atoms with Gasteiger partial charge in [-0.2, -0.15) is 0 Å². The first-order valence-corrected chi connectivity index (χ1v) is 6.00. The summed E-state index contributed by atoms with van der Waals surface area (Å²) in [6.45, 7) is 7.68. The van der Waals surface area contributed by atoms with Gasteiger partial charge in [-0.1, -0.05) is 27.7 Å². The number of hydrogen-bond acceptors (Lipinski definition) is 6. The van der Waals surface area contributed by atoms with Crippen LogP contribution in [0.25, 0.3) is 0 Å². The molecule has 0 fully saturated rings. The van der Waals surface area contributed by atoms with Crippen LogP contribution in [0.1, 0.15) is 40.5 Å². The Morgan fingerprint density at radius 3 is 1.11 bits per heavy atom. The van der Waals surface area contributed by atoms with Crippen LogP contribution in [-0.4, -0.2) is 24.0 Å². The van der Waals surface area contributed by atoms with Crippen LogP contribution >= 0.6 is 0 Å². The van der Waals surface area contributed by atoms with Crippen molar-refractivity contribution in [2.45, 2.75) is 52.6 Å². The Morgan fingerprint density at radius 1 is 0.842 bits per heavy atom. The van der Waals surface area contributed by atoms with E-state index in [0.29, 0.717) is 24.7 Å². The van der Waals surface area contributed by atoms with Crippen molar-refractivity contribution in [2.24, 2.45) is 23.3 Å². The molecule has 0 unspecified atom stereocenters. The molecule has 1 radical (unpaired) electrons. The van der Waals surface area contributed by atoms with E-state index in [1.54, 1.807) is 0 Å². The number of carbonyl (C=O) groups excluding carboxylic acids is 2. The van der Waals surface area contributed by atoms with Gasteiger partial charge in [0.25, 0.3) is 0 Å². The molecule has 0 aromatic rings. The molecule has 0 rings (SSSR count). The van der Waals surface area contributed by atoms with Crippen LogP contribution < -0.4 is 21.7 Å². The molecule has 0 aromatic heterocycles. The summed E-state index contributed by atoms with van der Waals surface area (Å²) in [4.78, 5) is 20.0.